The van der Waals surface area contributed by atoms with Crippen LogP contribution in [-0.4, -0.2) is 29.3 Å². The molecule has 1 spiro atoms. The smallest absolute Gasteiger partial charge is 0.325 e. The first-order valence-electron chi connectivity index (χ1n) is 11.5. The molecule has 1 aliphatic heterocycles. The van der Waals surface area contributed by atoms with E-state index < -0.39 is 17.5 Å². The minimum Gasteiger partial charge on any atom is -0.457 e. The first-order chi connectivity index (χ1) is 16.9. The maximum Gasteiger partial charge on any atom is 0.325 e. The monoisotopic (exact) mass is 473 g/mol. The molecule has 35 heavy (non-hydrogen) atoms. The maximum atomic E-state index is 13.3. The molecule has 3 aromatic carbocycles. The van der Waals surface area contributed by atoms with E-state index >= 15 is 0 Å². The van der Waals surface area contributed by atoms with E-state index in [0.29, 0.717) is 17.9 Å². The molecule has 0 radical (unpaired) electrons. The van der Waals surface area contributed by atoms with Gasteiger partial charge in [-0.1, -0.05) is 36.4 Å². The predicted molar refractivity (Wildman–Crippen MR) is 126 cm³/mol. The minimum absolute atomic E-state index is 0.229. The topological polar surface area (TPSA) is 87.7 Å². The van der Waals surface area contributed by atoms with Crippen molar-refractivity contribution in [3.63, 3.8) is 0 Å². The molecule has 1 fully saturated rings. The number of carbonyl (C=O) groups is 3. The molecule has 2 N–H and O–H groups in total. The molecule has 1 heterocycles. The van der Waals surface area contributed by atoms with Crippen molar-refractivity contribution < 1.29 is 23.5 Å². The Morgan fingerprint density at radius 1 is 1.00 bits per heavy atom. The van der Waals surface area contributed by atoms with Crippen LogP contribution < -0.4 is 15.4 Å². The number of urea groups is 1. The number of amides is 4. The largest absolute Gasteiger partial charge is 0.457 e. The Kier molecular flexibility index (Phi) is 5.94. The molecule has 4 amide bonds. The van der Waals surface area contributed by atoms with E-state index in [0.717, 1.165) is 34.4 Å². The van der Waals surface area contributed by atoms with Gasteiger partial charge in [-0.15, -0.1) is 0 Å². The number of carbonyl (C=O) groups excluding carboxylic acids is 3. The second-order valence-corrected chi connectivity index (χ2v) is 8.71. The molecule has 7 nitrogen and oxygen atoms in total. The van der Waals surface area contributed by atoms with Crippen LogP contribution in [-0.2, 0) is 28.1 Å². The Hall–Kier alpha value is -4.20. The summed E-state index contributed by atoms with van der Waals surface area (Å²) in [6, 6.07) is 19.9. The molecule has 1 atom stereocenters. The van der Waals surface area contributed by atoms with Gasteiger partial charge in [-0.2, -0.15) is 0 Å². The van der Waals surface area contributed by atoms with Gasteiger partial charge in [0.05, 0.1) is 0 Å². The van der Waals surface area contributed by atoms with Crippen LogP contribution in [0.15, 0.2) is 72.8 Å². The van der Waals surface area contributed by atoms with Crippen LogP contribution in [0.1, 0.15) is 29.5 Å². The van der Waals surface area contributed by atoms with Gasteiger partial charge in [0.2, 0.25) is 5.91 Å². The summed E-state index contributed by atoms with van der Waals surface area (Å²) in [5.74, 6) is -0.0629. The van der Waals surface area contributed by atoms with Gasteiger partial charge < -0.3 is 15.4 Å². The highest BCUT2D eigenvalue weighted by Crippen LogP contribution is 2.39. The number of hydrogen-bond donors (Lipinski definition) is 2. The number of ether oxygens (including phenoxy) is 1. The van der Waals surface area contributed by atoms with Crippen molar-refractivity contribution in [2.24, 2.45) is 0 Å². The van der Waals surface area contributed by atoms with Crippen molar-refractivity contribution in [3.8, 4) is 11.5 Å². The van der Waals surface area contributed by atoms with E-state index in [1.807, 2.05) is 24.3 Å². The lowest BCUT2D eigenvalue weighted by Gasteiger charge is -2.33. The molecule has 0 bridgehead atoms. The molecule has 0 saturated carbocycles. The number of fused-ring (bicyclic) bond motifs is 2. The zero-order valence-corrected chi connectivity index (χ0v) is 18.9. The zero-order chi connectivity index (χ0) is 24.4. The fourth-order valence-corrected chi connectivity index (χ4v) is 4.67. The molecule has 5 rings (SSSR count). The number of hydrogen-bond acceptors (Lipinski definition) is 4. The molecular formula is C27H24FN3O4. The lowest BCUT2D eigenvalue weighted by Crippen LogP contribution is -2.47. The number of aryl methyl sites for hydroxylation is 1. The highest BCUT2D eigenvalue weighted by atomic mass is 19.1. The van der Waals surface area contributed by atoms with E-state index in [4.69, 9.17) is 4.74 Å². The molecule has 0 unspecified atom stereocenters. The lowest BCUT2D eigenvalue weighted by molar-refractivity contribution is -0.135. The van der Waals surface area contributed by atoms with Crippen LogP contribution in [0.5, 0.6) is 11.5 Å². The van der Waals surface area contributed by atoms with Crippen molar-refractivity contribution in [3.05, 3.63) is 95.3 Å². The first-order valence-corrected chi connectivity index (χ1v) is 11.5. The van der Waals surface area contributed by atoms with Crippen LogP contribution in [0, 0.1) is 5.82 Å². The molecular weight excluding hydrogens is 449 g/mol. The lowest BCUT2D eigenvalue weighted by atomic mass is 9.76. The normalized spacial score (nSPS) is 18.8. The highest BCUT2D eigenvalue weighted by molar-refractivity contribution is 6.09. The molecule has 2 aliphatic rings. The summed E-state index contributed by atoms with van der Waals surface area (Å²) in [5, 5.41) is 5.61. The second kappa shape index (κ2) is 9.21. The van der Waals surface area contributed by atoms with Gasteiger partial charge in [-0.3, -0.25) is 14.5 Å². The van der Waals surface area contributed by atoms with Crippen molar-refractivity contribution >= 4 is 17.8 Å². The first kappa shape index (κ1) is 22.6. The number of benzene rings is 3. The van der Waals surface area contributed by atoms with Gasteiger partial charge in [-0.05, 0) is 72.4 Å². The van der Waals surface area contributed by atoms with Gasteiger partial charge in [0.15, 0.2) is 0 Å². The van der Waals surface area contributed by atoms with Crippen molar-refractivity contribution in [2.45, 2.75) is 31.3 Å². The van der Waals surface area contributed by atoms with E-state index in [9.17, 15) is 18.8 Å². The third kappa shape index (κ3) is 4.47. The number of halogens is 1. The van der Waals surface area contributed by atoms with Gasteiger partial charge in [-0.25, -0.2) is 9.18 Å². The van der Waals surface area contributed by atoms with E-state index in [1.165, 1.54) is 24.3 Å². The predicted octanol–water partition coefficient (Wildman–Crippen LogP) is 4.02. The Balaban J connectivity index is 1.18. The van der Waals surface area contributed by atoms with Crippen LogP contribution in [0.4, 0.5) is 9.18 Å². The van der Waals surface area contributed by atoms with E-state index in [-0.39, 0.29) is 24.8 Å². The Morgan fingerprint density at radius 2 is 1.69 bits per heavy atom. The summed E-state index contributed by atoms with van der Waals surface area (Å²) in [4.78, 5) is 39.5. The summed E-state index contributed by atoms with van der Waals surface area (Å²) in [5.41, 5.74) is 1.59. The van der Waals surface area contributed by atoms with Gasteiger partial charge in [0, 0.05) is 6.54 Å². The SMILES string of the molecule is O=C(CN1C(=O)N[C@@]2(CCCc3ccccc32)C1=O)NCc1ccc(Oc2ccc(F)cc2)cc1. The highest BCUT2D eigenvalue weighted by Gasteiger charge is 2.54. The average molecular weight is 474 g/mol. The van der Waals surface area contributed by atoms with Crippen molar-refractivity contribution in [1.82, 2.24) is 15.5 Å². The fraction of sp³-hybridized carbons (Fsp3) is 0.222. The van der Waals surface area contributed by atoms with Gasteiger partial charge in [0.1, 0.15) is 29.4 Å². The molecule has 8 heteroatoms. The van der Waals surface area contributed by atoms with Crippen molar-refractivity contribution in [1.29, 1.82) is 0 Å². The summed E-state index contributed by atoms with van der Waals surface area (Å²) in [6.45, 7) is -0.117. The Bertz CT molecular complexity index is 1280. The van der Waals surface area contributed by atoms with Crippen LogP contribution in [0.25, 0.3) is 0 Å². The fourth-order valence-electron chi connectivity index (χ4n) is 4.67. The zero-order valence-electron chi connectivity index (χ0n) is 18.9. The van der Waals surface area contributed by atoms with Crippen LogP contribution in [0.3, 0.4) is 0 Å². The second-order valence-electron chi connectivity index (χ2n) is 8.71. The van der Waals surface area contributed by atoms with Gasteiger partial charge >= 0.3 is 6.03 Å². The molecule has 3 aromatic rings. The van der Waals surface area contributed by atoms with Gasteiger partial charge in [0.25, 0.3) is 5.91 Å². The third-order valence-electron chi connectivity index (χ3n) is 6.41. The number of rotatable bonds is 6. The van der Waals surface area contributed by atoms with E-state index in [2.05, 4.69) is 10.6 Å². The summed E-state index contributed by atoms with van der Waals surface area (Å²) >= 11 is 0. The molecule has 1 aliphatic carbocycles. The third-order valence-corrected chi connectivity index (χ3v) is 6.41. The molecule has 178 valence electrons. The van der Waals surface area contributed by atoms with Crippen LogP contribution in [0.2, 0.25) is 0 Å². The quantitative estimate of drug-likeness (QED) is 0.530. The number of nitrogens with one attached hydrogen (secondary N) is 2. The molecule has 1 saturated heterocycles. The van der Waals surface area contributed by atoms with E-state index in [1.54, 1.807) is 24.3 Å². The standard InChI is InChI=1S/C27H24FN3O4/c28-20-9-13-22(14-10-20)35-21-11-7-18(8-12-21)16-29-24(32)17-31-25(33)27(30-26(31)34)15-3-5-19-4-1-2-6-23(19)27/h1-2,4,6-14H,3,5,15-17H2,(H,29,32)(H,30,34)/t27-/m1/s1. The Morgan fingerprint density at radius 3 is 2.43 bits per heavy atom. The Labute approximate surface area is 201 Å². The number of nitrogens with zero attached hydrogens (tertiary/aromatic N) is 1. The summed E-state index contributed by atoms with van der Waals surface area (Å²) in [6.07, 6.45) is 2.15. The average Bonchev–Trinajstić information content (AvgIpc) is 3.10. The maximum absolute atomic E-state index is 13.3. The molecule has 0 aromatic heterocycles. The summed E-state index contributed by atoms with van der Waals surface area (Å²) in [7, 11) is 0. The minimum atomic E-state index is -1.09. The van der Waals surface area contributed by atoms with Crippen LogP contribution >= 0.6 is 0 Å². The number of imide groups is 1. The van der Waals surface area contributed by atoms with Crippen molar-refractivity contribution in [2.75, 3.05) is 6.54 Å². The summed E-state index contributed by atoms with van der Waals surface area (Å²) < 4.78 is 18.7.